The van der Waals surface area contributed by atoms with Crippen molar-refractivity contribution in [1.29, 1.82) is 5.26 Å². The molecule has 1 aliphatic rings. The van der Waals surface area contributed by atoms with Gasteiger partial charge in [0.1, 0.15) is 5.75 Å². The van der Waals surface area contributed by atoms with E-state index in [9.17, 15) is 8.42 Å². The fourth-order valence-electron chi connectivity index (χ4n) is 2.77. The molecule has 0 amide bonds. The smallest absolute Gasteiger partial charge is 0.241 e. The van der Waals surface area contributed by atoms with E-state index in [2.05, 4.69) is 10.8 Å². The molecule has 2 aromatic rings. The predicted molar refractivity (Wildman–Crippen MR) is 90.0 cm³/mol. The first-order valence-electron chi connectivity index (χ1n) is 7.80. The zero-order chi connectivity index (χ0) is 17.0. The van der Waals surface area contributed by atoms with E-state index in [0.717, 1.165) is 23.3 Å². The van der Waals surface area contributed by atoms with E-state index in [4.69, 9.17) is 10.00 Å². The monoisotopic (exact) mass is 342 g/mol. The molecule has 1 heterocycles. The summed E-state index contributed by atoms with van der Waals surface area (Å²) in [6, 6.07) is 15.9. The summed E-state index contributed by atoms with van der Waals surface area (Å²) in [6.45, 7) is 0.584. The Hall–Kier alpha value is -2.36. The third kappa shape index (κ3) is 3.58. The average Bonchev–Trinajstić information content (AvgIpc) is 3.07. The molecular weight excluding hydrogens is 324 g/mol. The molecule has 0 fully saturated rings. The lowest BCUT2D eigenvalue weighted by Gasteiger charge is -2.18. The molecule has 0 aliphatic carbocycles. The van der Waals surface area contributed by atoms with Gasteiger partial charge in [0.15, 0.2) is 0 Å². The molecule has 0 spiro atoms. The number of nitriles is 1. The molecule has 124 valence electrons. The van der Waals surface area contributed by atoms with Gasteiger partial charge in [-0.15, -0.1) is 0 Å². The maximum atomic E-state index is 12.7. The minimum atomic E-state index is -3.67. The predicted octanol–water partition coefficient (Wildman–Crippen LogP) is 2.94. The second-order valence-electron chi connectivity index (χ2n) is 5.65. The Labute approximate surface area is 141 Å². The van der Waals surface area contributed by atoms with E-state index < -0.39 is 16.1 Å². The lowest BCUT2D eigenvalue weighted by Crippen LogP contribution is -2.28. The van der Waals surface area contributed by atoms with Crippen molar-refractivity contribution in [3.05, 3.63) is 59.7 Å². The van der Waals surface area contributed by atoms with Crippen LogP contribution >= 0.6 is 0 Å². The largest absolute Gasteiger partial charge is 0.493 e. The van der Waals surface area contributed by atoms with Crippen LogP contribution in [0.4, 0.5) is 0 Å². The van der Waals surface area contributed by atoms with E-state index in [1.807, 2.05) is 30.3 Å². The first-order chi connectivity index (χ1) is 11.6. The maximum Gasteiger partial charge on any atom is 0.241 e. The highest BCUT2D eigenvalue weighted by atomic mass is 32.2. The molecule has 1 N–H and O–H groups in total. The number of nitrogens with one attached hydrogen (secondary N) is 1. The van der Waals surface area contributed by atoms with Gasteiger partial charge < -0.3 is 4.74 Å². The van der Waals surface area contributed by atoms with Gasteiger partial charge in [0.2, 0.25) is 10.0 Å². The van der Waals surface area contributed by atoms with Crippen LogP contribution in [0.2, 0.25) is 0 Å². The number of ether oxygens (including phenoxy) is 1. The zero-order valence-electron chi connectivity index (χ0n) is 13.1. The SMILES string of the molecule is N#CCCC(NS(=O)(=O)c1ccc2c(c1)CCO2)c1ccccc1. The first kappa shape index (κ1) is 16.5. The van der Waals surface area contributed by atoms with Crippen LogP contribution in [0, 0.1) is 11.3 Å². The Morgan fingerprint density at radius 2 is 2.00 bits per heavy atom. The summed E-state index contributed by atoms with van der Waals surface area (Å²) in [5.74, 6) is 0.748. The molecule has 0 saturated heterocycles. The van der Waals surface area contributed by atoms with Crippen LogP contribution in [0.15, 0.2) is 53.4 Å². The van der Waals surface area contributed by atoms with E-state index in [1.54, 1.807) is 18.2 Å². The molecule has 24 heavy (non-hydrogen) atoms. The van der Waals surface area contributed by atoms with Gasteiger partial charge >= 0.3 is 0 Å². The van der Waals surface area contributed by atoms with Crippen LogP contribution in [0.1, 0.15) is 30.0 Å². The fourth-order valence-corrected chi connectivity index (χ4v) is 4.08. The van der Waals surface area contributed by atoms with Crippen molar-refractivity contribution in [2.75, 3.05) is 6.61 Å². The first-order valence-corrected chi connectivity index (χ1v) is 9.28. The lowest BCUT2D eigenvalue weighted by atomic mass is 10.0. The molecule has 2 aromatic carbocycles. The number of nitrogens with zero attached hydrogens (tertiary/aromatic N) is 1. The van der Waals surface area contributed by atoms with Crippen molar-refractivity contribution in [2.45, 2.75) is 30.2 Å². The molecule has 5 nitrogen and oxygen atoms in total. The molecular formula is C18H18N2O3S. The number of fused-ring (bicyclic) bond motifs is 1. The van der Waals surface area contributed by atoms with Crippen molar-refractivity contribution < 1.29 is 13.2 Å². The average molecular weight is 342 g/mol. The van der Waals surface area contributed by atoms with Gasteiger partial charge in [-0.3, -0.25) is 0 Å². The molecule has 1 aliphatic heterocycles. The topological polar surface area (TPSA) is 79.2 Å². The molecule has 1 unspecified atom stereocenters. The van der Waals surface area contributed by atoms with Crippen molar-refractivity contribution in [2.24, 2.45) is 0 Å². The maximum absolute atomic E-state index is 12.7. The molecule has 0 aromatic heterocycles. The third-order valence-electron chi connectivity index (χ3n) is 4.02. The third-order valence-corrected chi connectivity index (χ3v) is 5.48. The molecule has 6 heteroatoms. The molecule has 0 bridgehead atoms. The Kier molecular flexibility index (Phi) is 4.84. The normalized spacial score (nSPS) is 14.5. The van der Waals surface area contributed by atoms with Crippen molar-refractivity contribution in [3.8, 4) is 11.8 Å². The van der Waals surface area contributed by atoms with Crippen LogP contribution in [-0.2, 0) is 16.4 Å². The van der Waals surface area contributed by atoms with Gasteiger partial charge in [-0.1, -0.05) is 30.3 Å². The highest BCUT2D eigenvalue weighted by molar-refractivity contribution is 7.89. The Balaban J connectivity index is 1.86. The minimum absolute atomic E-state index is 0.227. The van der Waals surface area contributed by atoms with Gasteiger partial charge in [-0.25, -0.2) is 13.1 Å². The van der Waals surface area contributed by atoms with Crippen LogP contribution in [0.25, 0.3) is 0 Å². The molecule has 3 rings (SSSR count). The highest BCUT2D eigenvalue weighted by Gasteiger charge is 2.23. The van der Waals surface area contributed by atoms with Gasteiger partial charge in [-0.2, -0.15) is 5.26 Å². The zero-order valence-corrected chi connectivity index (χ0v) is 13.9. The van der Waals surface area contributed by atoms with Gasteiger partial charge in [0.05, 0.1) is 17.6 Å². The molecule has 1 atom stereocenters. The van der Waals surface area contributed by atoms with Crippen molar-refractivity contribution in [1.82, 2.24) is 4.72 Å². The summed E-state index contributed by atoms with van der Waals surface area (Å²) in [6.07, 6.45) is 1.42. The van der Waals surface area contributed by atoms with Crippen LogP contribution in [0.5, 0.6) is 5.75 Å². The summed E-state index contributed by atoms with van der Waals surface area (Å²) >= 11 is 0. The summed E-state index contributed by atoms with van der Waals surface area (Å²) < 4.78 is 33.6. The molecule has 0 saturated carbocycles. The van der Waals surface area contributed by atoms with Gasteiger partial charge in [-0.05, 0) is 35.7 Å². The second kappa shape index (κ2) is 7.04. The number of hydrogen-bond donors (Lipinski definition) is 1. The van der Waals surface area contributed by atoms with Crippen LogP contribution in [0.3, 0.4) is 0 Å². The summed E-state index contributed by atoms with van der Waals surface area (Å²) in [5, 5.41) is 8.84. The van der Waals surface area contributed by atoms with E-state index in [-0.39, 0.29) is 11.3 Å². The fraction of sp³-hybridized carbons (Fsp3) is 0.278. The second-order valence-corrected chi connectivity index (χ2v) is 7.36. The number of hydrogen-bond acceptors (Lipinski definition) is 4. The van der Waals surface area contributed by atoms with Crippen LogP contribution in [-0.4, -0.2) is 15.0 Å². The lowest BCUT2D eigenvalue weighted by molar-refractivity contribution is 0.356. The van der Waals surface area contributed by atoms with E-state index >= 15 is 0 Å². The quantitative estimate of drug-likeness (QED) is 0.875. The van der Waals surface area contributed by atoms with E-state index in [0.29, 0.717) is 13.0 Å². The van der Waals surface area contributed by atoms with Crippen molar-refractivity contribution >= 4 is 10.0 Å². The van der Waals surface area contributed by atoms with Crippen LogP contribution < -0.4 is 9.46 Å². The van der Waals surface area contributed by atoms with Gasteiger partial charge in [0, 0.05) is 18.9 Å². The number of benzene rings is 2. The molecule has 0 radical (unpaired) electrons. The van der Waals surface area contributed by atoms with Crippen molar-refractivity contribution in [3.63, 3.8) is 0 Å². The highest BCUT2D eigenvalue weighted by Crippen LogP contribution is 2.28. The summed E-state index contributed by atoms with van der Waals surface area (Å²) in [5.41, 5.74) is 1.76. The Morgan fingerprint density at radius 3 is 2.75 bits per heavy atom. The Morgan fingerprint density at radius 1 is 1.21 bits per heavy atom. The van der Waals surface area contributed by atoms with E-state index in [1.165, 1.54) is 0 Å². The standard InChI is InChI=1S/C18H18N2O3S/c19-11-4-7-17(14-5-2-1-3-6-14)20-24(21,22)16-8-9-18-15(13-16)10-12-23-18/h1-3,5-6,8-9,13,17,20H,4,7,10,12H2. The number of sulfonamides is 1. The number of rotatable bonds is 6. The Bertz CT molecular complexity index is 858. The van der Waals surface area contributed by atoms with Gasteiger partial charge in [0.25, 0.3) is 0 Å². The minimum Gasteiger partial charge on any atom is -0.493 e. The summed E-state index contributed by atoms with van der Waals surface area (Å²) in [4.78, 5) is 0.227. The summed E-state index contributed by atoms with van der Waals surface area (Å²) in [7, 11) is -3.67.